The maximum absolute atomic E-state index is 13.8. The van der Waals surface area contributed by atoms with E-state index in [0.717, 1.165) is 24.3 Å². The van der Waals surface area contributed by atoms with Crippen LogP contribution in [0.5, 0.6) is 0 Å². The number of rotatable bonds is 17. The van der Waals surface area contributed by atoms with Crippen LogP contribution in [-0.4, -0.2) is 106 Å². The minimum Gasteiger partial charge on any atom is -0.444 e. The lowest BCUT2D eigenvalue weighted by Gasteiger charge is -2.30. The maximum atomic E-state index is 13.8. The summed E-state index contributed by atoms with van der Waals surface area (Å²) in [5.74, 6) is 0. The van der Waals surface area contributed by atoms with E-state index < -0.39 is 72.6 Å². The summed E-state index contributed by atoms with van der Waals surface area (Å²) in [6.07, 6.45) is -3.60. The molecule has 0 heterocycles. The highest BCUT2D eigenvalue weighted by Gasteiger charge is 2.34. The SMILES string of the molecule is CC(OC(=O)N(CCCN(CCCN(CCCO)C(=O)OC(C)(C)C)C(=O)OC(C)(C)C)S(=O)(=O)c1ccc([N+](=O)[O-])cc1)c1ccccc1[N+](=O)[O-]. The molecule has 18 nitrogen and oxygen atoms in total. The van der Waals surface area contributed by atoms with Crippen LogP contribution in [0.3, 0.4) is 0 Å². The molecule has 0 aromatic heterocycles. The lowest BCUT2D eigenvalue weighted by Crippen LogP contribution is -2.43. The van der Waals surface area contributed by atoms with Gasteiger partial charge in [-0.2, -0.15) is 0 Å². The van der Waals surface area contributed by atoms with Gasteiger partial charge in [0.05, 0.1) is 20.3 Å². The number of carbonyl (C=O) groups is 3. The van der Waals surface area contributed by atoms with E-state index in [2.05, 4.69) is 0 Å². The molecule has 2 rings (SSSR count). The first-order valence-electron chi connectivity index (χ1n) is 16.8. The summed E-state index contributed by atoms with van der Waals surface area (Å²) in [7, 11) is -4.72. The summed E-state index contributed by atoms with van der Waals surface area (Å²) in [5, 5.41) is 32.1. The molecule has 0 aliphatic rings. The largest absolute Gasteiger partial charge is 0.444 e. The van der Waals surface area contributed by atoms with Crippen molar-refractivity contribution in [2.45, 2.75) is 89.9 Å². The Labute approximate surface area is 308 Å². The average molecular weight is 768 g/mol. The van der Waals surface area contributed by atoms with Crippen molar-refractivity contribution in [1.29, 1.82) is 0 Å². The smallest absolute Gasteiger partial charge is 0.424 e. The van der Waals surface area contributed by atoms with Gasteiger partial charge in [-0.15, -0.1) is 0 Å². The summed E-state index contributed by atoms with van der Waals surface area (Å²) in [5.41, 5.74) is -2.41. The van der Waals surface area contributed by atoms with Crippen molar-refractivity contribution in [1.82, 2.24) is 14.1 Å². The fraction of sp³-hybridized carbons (Fsp3) is 0.559. The number of aliphatic hydroxyl groups is 1. The number of hydrogen-bond donors (Lipinski definition) is 1. The number of nitro benzene ring substituents is 2. The molecule has 1 atom stereocenters. The summed E-state index contributed by atoms with van der Waals surface area (Å²) in [6.45, 7) is 11.0. The van der Waals surface area contributed by atoms with Gasteiger partial charge in [-0.1, -0.05) is 12.1 Å². The standard InChI is InChI=1S/C34H49N5O13S/c1-25(28-13-8-9-14-29(28)39(46)47)50-32(43)37(53(48,49)27-17-15-26(16-18-27)38(44)45)23-11-21-35(30(41)51-33(2,3)4)19-10-20-36(22-12-24-40)31(42)52-34(5,6)7/h8-9,13-18,25,40H,10-12,19-24H2,1-7H3. The van der Waals surface area contributed by atoms with E-state index in [0.29, 0.717) is 10.7 Å². The number of nitro groups is 2. The molecular weight excluding hydrogens is 718 g/mol. The molecule has 0 radical (unpaired) electrons. The van der Waals surface area contributed by atoms with Crippen LogP contribution in [0.4, 0.5) is 25.8 Å². The Morgan fingerprint density at radius 3 is 1.66 bits per heavy atom. The third kappa shape index (κ3) is 14.1. The fourth-order valence-corrected chi connectivity index (χ4v) is 6.15. The zero-order valence-corrected chi connectivity index (χ0v) is 31.9. The van der Waals surface area contributed by atoms with E-state index >= 15 is 0 Å². The molecule has 0 aliphatic heterocycles. The molecule has 19 heteroatoms. The molecule has 0 fully saturated rings. The number of sulfonamides is 1. The summed E-state index contributed by atoms with van der Waals surface area (Å²) >= 11 is 0. The topological polar surface area (TPSA) is 229 Å². The van der Waals surface area contributed by atoms with Gasteiger partial charge in [0.25, 0.3) is 21.4 Å². The highest BCUT2D eigenvalue weighted by molar-refractivity contribution is 7.89. The number of hydrogen-bond acceptors (Lipinski definition) is 13. The quantitative estimate of drug-likeness (QED) is 0.110. The molecular formula is C34H49N5O13S. The second kappa shape index (κ2) is 19.2. The van der Waals surface area contributed by atoms with E-state index in [1.807, 2.05) is 0 Å². The molecule has 0 saturated heterocycles. The van der Waals surface area contributed by atoms with Gasteiger partial charge >= 0.3 is 18.3 Å². The molecule has 2 aromatic carbocycles. The number of aliphatic hydroxyl groups excluding tert-OH is 1. The third-order valence-corrected chi connectivity index (χ3v) is 9.00. The Balaban J connectivity index is 2.37. The molecule has 0 aliphatic carbocycles. The molecule has 0 bridgehead atoms. The van der Waals surface area contributed by atoms with Gasteiger partial charge in [0.1, 0.15) is 17.3 Å². The first-order chi connectivity index (χ1) is 24.6. The van der Waals surface area contributed by atoms with Gasteiger partial charge < -0.3 is 29.1 Å². The summed E-state index contributed by atoms with van der Waals surface area (Å²) in [4.78, 5) is 63.2. The lowest BCUT2D eigenvalue weighted by molar-refractivity contribution is -0.386. The van der Waals surface area contributed by atoms with Crippen LogP contribution in [0.1, 0.15) is 79.4 Å². The monoisotopic (exact) mass is 767 g/mol. The van der Waals surface area contributed by atoms with Crippen LogP contribution >= 0.6 is 0 Å². The van der Waals surface area contributed by atoms with Crippen LogP contribution in [0.2, 0.25) is 0 Å². The minimum absolute atomic E-state index is 0.00838. The van der Waals surface area contributed by atoms with Crippen molar-refractivity contribution in [3.63, 3.8) is 0 Å². The van der Waals surface area contributed by atoms with Crippen LogP contribution in [0.25, 0.3) is 0 Å². The Bertz CT molecular complexity index is 1690. The summed E-state index contributed by atoms with van der Waals surface area (Å²) in [6, 6.07) is 9.30. The molecule has 294 valence electrons. The molecule has 0 saturated carbocycles. The number of para-hydroxylation sites is 1. The number of carbonyl (C=O) groups excluding carboxylic acids is 3. The lowest BCUT2D eigenvalue weighted by atomic mass is 10.1. The Morgan fingerprint density at radius 1 is 0.736 bits per heavy atom. The average Bonchev–Trinajstić information content (AvgIpc) is 3.05. The van der Waals surface area contributed by atoms with Crippen molar-refractivity contribution in [2.24, 2.45) is 0 Å². The fourth-order valence-electron chi connectivity index (χ4n) is 4.81. The van der Waals surface area contributed by atoms with Gasteiger partial charge in [-0.3, -0.25) is 20.2 Å². The van der Waals surface area contributed by atoms with Gasteiger partial charge in [-0.25, -0.2) is 27.1 Å². The first kappa shape index (κ1) is 44.1. The molecule has 53 heavy (non-hydrogen) atoms. The number of amides is 3. The number of non-ortho nitro benzene ring substituents is 1. The zero-order chi connectivity index (χ0) is 40.1. The first-order valence-corrected chi connectivity index (χ1v) is 18.3. The van der Waals surface area contributed by atoms with E-state index in [1.54, 1.807) is 41.5 Å². The van der Waals surface area contributed by atoms with Crippen molar-refractivity contribution in [3.8, 4) is 0 Å². The van der Waals surface area contributed by atoms with Crippen LogP contribution in [0.15, 0.2) is 53.4 Å². The summed E-state index contributed by atoms with van der Waals surface area (Å²) < 4.78 is 44.5. The van der Waals surface area contributed by atoms with Crippen molar-refractivity contribution < 1.29 is 52.0 Å². The van der Waals surface area contributed by atoms with E-state index in [9.17, 15) is 48.1 Å². The van der Waals surface area contributed by atoms with Crippen molar-refractivity contribution in [2.75, 3.05) is 39.3 Å². The predicted octanol–water partition coefficient (Wildman–Crippen LogP) is 6.03. The Kier molecular flexibility index (Phi) is 15.9. The Morgan fingerprint density at radius 2 is 1.21 bits per heavy atom. The maximum Gasteiger partial charge on any atom is 0.424 e. The van der Waals surface area contributed by atoms with Crippen LogP contribution in [-0.2, 0) is 24.2 Å². The predicted molar refractivity (Wildman–Crippen MR) is 192 cm³/mol. The Hall–Kier alpha value is -5.04. The highest BCUT2D eigenvalue weighted by atomic mass is 32.2. The van der Waals surface area contributed by atoms with E-state index in [-0.39, 0.29) is 56.9 Å². The third-order valence-electron chi connectivity index (χ3n) is 7.22. The highest BCUT2D eigenvalue weighted by Crippen LogP contribution is 2.29. The normalized spacial score (nSPS) is 12.3. The number of benzene rings is 2. The number of ether oxygens (including phenoxy) is 3. The van der Waals surface area contributed by atoms with Gasteiger partial charge in [-0.05, 0) is 85.9 Å². The van der Waals surface area contributed by atoms with E-state index in [1.165, 1.54) is 41.0 Å². The van der Waals surface area contributed by atoms with Crippen LogP contribution in [0, 0.1) is 20.2 Å². The second-order valence-corrected chi connectivity index (χ2v) is 15.8. The molecule has 1 N–H and O–H groups in total. The zero-order valence-electron chi connectivity index (χ0n) is 31.1. The minimum atomic E-state index is -4.72. The molecule has 2 aromatic rings. The molecule has 3 amide bonds. The number of nitrogens with zero attached hydrogens (tertiary/aromatic N) is 5. The van der Waals surface area contributed by atoms with Gasteiger partial charge in [0, 0.05) is 57.5 Å². The van der Waals surface area contributed by atoms with Crippen LogP contribution < -0.4 is 0 Å². The second-order valence-electron chi connectivity index (χ2n) is 13.9. The van der Waals surface area contributed by atoms with Gasteiger partial charge in [0.2, 0.25) is 0 Å². The van der Waals surface area contributed by atoms with E-state index in [4.69, 9.17) is 14.2 Å². The van der Waals surface area contributed by atoms with Crippen molar-refractivity contribution >= 4 is 39.7 Å². The van der Waals surface area contributed by atoms with Gasteiger partial charge in [0.15, 0.2) is 0 Å². The van der Waals surface area contributed by atoms with Crippen molar-refractivity contribution in [3.05, 3.63) is 74.3 Å². The molecule has 1 unspecified atom stereocenters. The molecule has 0 spiro atoms.